The minimum absolute atomic E-state index is 0. The van der Waals surface area contributed by atoms with Gasteiger partial charge in [0.15, 0.2) is 0 Å². The van der Waals surface area contributed by atoms with Crippen molar-refractivity contribution < 1.29 is 21.7 Å². The zero-order chi connectivity index (χ0) is 4.83. The van der Waals surface area contributed by atoms with Gasteiger partial charge in [0.1, 0.15) is 0 Å². The minimum atomic E-state index is 0. The van der Waals surface area contributed by atoms with E-state index in [-0.39, 0.29) is 27.9 Å². The molecule has 0 fully saturated rings. The molecule has 0 aliphatic carbocycles. The average molecular weight is 149 g/mol. The predicted molar refractivity (Wildman–Crippen MR) is 34.8 cm³/mol. The molecule has 8 heavy (non-hydrogen) atoms. The first-order chi connectivity index (χ1) is 2.91. The second kappa shape index (κ2) is 15.6. The van der Waals surface area contributed by atoms with Crippen molar-refractivity contribution in [2.75, 3.05) is 0 Å². The van der Waals surface area contributed by atoms with Gasteiger partial charge in [0.05, 0.1) is 0 Å². The van der Waals surface area contributed by atoms with Gasteiger partial charge in [0, 0.05) is 0 Å². The molecule has 0 aromatic heterocycles. The zero-order valence-corrected chi connectivity index (χ0v) is 7.17. The first-order valence-electron chi connectivity index (χ1n) is 2.71. The topological polar surface area (TPSA) is 33.5 Å². The SMILES string of the molecule is [CH2-]CCCCC.[NH2-].[Ti+2]. The Morgan fingerprint density at radius 1 is 1.25 bits per heavy atom. The van der Waals surface area contributed by atoms with Crippen molar-refractivity contribution in [2.24, 2.45) is 0 Å². The van der Waals surface area contributed by atoms with Crippen molar-refractivity contribution in [1.29, 1.82) is 0 Å². The van der Waals surface area contributed by atoms with Gasteiger partial charge >= 0.3 is 21.7 Å². The number of unbranched alkanes of at least 4 members (excludes halogenated alkanes) is 3. The number of nitrogens with two attached hydrogens (primary N) is 1. The molecule has 0 saturated carbocycles. The van der Waals surface area contributed by atoms with Crippen molar-refractivity contribution in [3.05, 3.63) is 13.1 Å². The van der Waals surface area contributed by atoms with Gasteiger partial charge in [-0.25, -0.2) is 0 Å². The van der Waals surface area contributed by atoms with E-state index in [9.17, 15) is 0 Å². The van der Waals surface area contributed by atoms with Gasteiger partial charge in [-0.15, -0.1) is 0 Å². The molecule has 0 rings (SSSR count). The molecule has 0 aliphatic heterocycles. The largest absolute Gasteiger partial charge is 2.00 e. The van der Waals surface area contributed by atoms with E-state index in [2.05, 4.69) is 13.8 Å². The van der Waals surface area contributed by atoms with E-state index < -0.39 is 0 Å². The zero-order valence-electron chi connectivity index (χ0n) is 5.61. The molecular formula is C6H15NTi. The summed E-state index contributed by atoms with van der Waals surface area (Å²) in [6, 6.07) is 0. The number of rotatable bonds is 3. The van der Waals surface area contributed by atoms with Crippen LogP contribution in [0.1, 0.15) is 32.6 Å². The minimum Gasteiger partial charge on any atom is -0.693 e. The maximum absolute atomic E-state index is 3.72. The molecule has 0 unspecified atom stereocenters. The molecule has 2 N–H and O–H groups in total. The third-order valence-corrected chi connectivity index (χ3v) is 0.854. The van der Waals surface area contributed by atoms with E-state index in [4.69, 9.17) is 0 Å². The summed E-state index contributed by atoms with van der Waals surface area (Å²) in [7, 11) is 0. The van der Waals surface area contributed by atoms with Crippen molar-refractivity contribution in [3.63, 3.8) is 0 Å². The second-order valence-corrected chi connectivity index (χ2v) is 1.56. The summed E-state index contributed by atoms with van der Waals surface area (Å²) >= 11 is 0. The van der Waals surface area contributed by atoms with E-state index >= 15 is 0 Å². The Morgan fingerprint density at radius 3 is 1.88 bits per heavy atom. The summed E-state index contributed by atoms with van der Waals surface area (Å²) < 4.78 is 0. The Morgan fingerprint density at radius 2 is 1.75 bits per heavy atom. The van der Waals surface area contributed by atoms with Gasteiger partial charge in [-0.1, -0.05) is 26.2 Å². The Hall–Kier alpha value is 0.674. The first-order valence-corrected chi connectivity index (χ1v) is 2.71. The molecule has 0 spiro atoms. The molecule has 0 aliphatic rings. The van der Waals surface area contributed by atoms with Gasteiger partial charge in [0.25, 0.3) is 0 Å². The molecule has 0 aromatic rings. The molecule has 0 saturated heterocycles. The van der Waals surface area contributed by atoms with Crippen LogP contribution >= 0.6 is 0 Å². The molecular weight excluding hydrogens is 134 g/mol. The fraction of sp³-hybridized carbons (Fsp3) is 0.833. The van der Waals surface area contributed by atoms with Crippen molar-refractivity contribution in [3.8, 4) is 0 Å². The number of hydrogen-bond acceptors (Lipinski definition) is 0. The smallest absolute Gasteiger partial charge is 0.693 e. The standard InChI is InChI=1S/C6H13.H2N.Ti/c1-3-5-6-4-2;;/h1,3-6H2,2H3;1H2;/q2*-1;+2. The van der Waals surface area contributed by atoms with Crippen LogP contribution in [0.2, 0.25) is 0 Å². The van der Waals surface area contributed by atoms with E-state index in [1.165, 1.54) is 19.3 Å². The maximum Gasteiger partial charge on any atom is 2.00 e. The van der Waals surface area contributed by atoms with Crippen LogP contribution in [0.4, 0.5) is 0 Å². The molecule has 0 aromatic carbocycles. The Bertz CT molecular complexity index is 20.5. The van der Waals surface area contributed by atoms with Crippen LogP contribution in [0.25, 0.3) is 6.15 Å². The second-order valence-electron chi connectivity index (χ2n) is 1.56. The third-order valence-electron chi connectivity index (χ3n) is 0.854. The molecule has 0 bridgehead atoms. The summed E-state index contributed by atoms with van der Waals surface area (Å²) in [4.78, 5) is 0. The van der Waals surface area contributed by atoms with Gasteiger partial charge in [-0.05, 0) is 0 Å². The summed E-state index contributed by atoms with van der Waals surface area (Å²) in [5, 5.41) is 0. The summed E-state index contributed by atoms with van der Waals surface area (Å²) in [6.45, 7) is 5.93. The van der Waals surface area contributed by atoms with Crippen LogP contribution < -0.4 is 0 Å². The maximum atomic E-state index is 3.72. The van der Waals surface area contributed by atoms with E-state index in [1.54, 1.807) is 0 Å². The first kappa shape index (κ1) is 15.9. The van der Waals surface area contributed by atoms with Crippen molar-refractivity contribution >= 4 is 0 Å². The molecule has 0 atom stereocenters. The van der Waals surface area contributed by atoms with Crippen LogP contribution in [0.15, 0.2) is 0 Å². The van der Waals surface area contributed by atoms with Crippen LogP contribution in [-0.4, -0.2) is 0 Å². The normalized spacial score (nSPS) is 6.75. The Balaban J connectivity index is -0.000000125. The van der Waals surface area contributed by atoms with Gasteiger partial charge < -0.3 is 13.1 Å². The molecule has 1 nitrogen and oxygen atoms in total. The third kappa shape index (κ3) is 15.9. The molecule has 0 amide bonds. The number of hydrogen-bond donors (Lipinski definition) is 0. The van der Waals surface area contributed by atoms with Crippen LogP contribution in [-0.2, 0) is 21.7 Å². The molecule has 0 heterocycles. The van der Waals surface area contributed by atoms with Gasteiger partial charge in [-0.3, -0.25) is 0 Å². The van der Waals surface area contributed by atoms with Crippen LogP contribution in [0, 0.1) is 6.92 Å². The average Bonchev–Trinajstić information content (AvgIpc) is 1.61. The molecule has 2 heteroatoms. The van der Waals surface area contributed by atoms with Crippen molar-refractivity contribution in [1.82, 2.24) is 0 Å². The monoisotopic (exact) mass is 149 g/mol. The van der Waals surface area contributed by atoms with E-state index in [0.717, 1.165) is 6.42 Å². The summed E-state index contributed by atoms with van der Waals surface area (Å²) in [5.41, 5.74) is 0. The molecule has 48 valence electrons. The molecule has 0 radical (unpaired) electrons. The van der Waals surface area contributed by atoms with Gasteiger partial charge in [-0.2, -0.15) is 6.42 Å². The summed E-state index contributed by atoms with van der Waals surface area (Å²) in [6.07, 6.45) is 5.07. The van der Waals surface area contributed by atoms with Crippen LogP contribution in [0.5, 0.6) is 0 Å². The van der Waals surface area contributed by atoms with E-state index in [0.29, 0.717) is 0 Å². The predicted octanol–water partition coefficient (Wildman–Crippen LogP) is 3.12. The fourth-order valence-electron chi connectivity index (χ4n) is 0.427. The summed E-state index contributed by atoms with van der Waals surface area (Å²) in [5.74, 6) is 0. The fourth-order valence-corrected chi connectivity index (χ4v) is 0.427. The Labute approximate surface area is 67.7 Å². The van der Waals surface area contributed by atoms with Crippen molar-refractivity contribution in [2.45, 2.75) is 32.6 Å². The van der Waals surface area contributed by atoms with Gasteiger partial charge in [0.2, 0.25) is 0 Å². The van der Waals surface area contributed by atoms with Crippen LogP contribution in [0.3, 0.4) is 0 Å². The quantitative estimate of drug-likeness (QED) is 0.335. The van der Waals surface area contributed by atoms with E-state index in [1.807, 2.05) is 0 Å². The Kier molecular flexibility index (Phi) is 31.0.